The van der Waals surface area contributed by atoms with Crippen LogP contribution in [0.5, 0.6) is 0 Å². The average Bonchev–Trinajstić information content (AvgIpc) is 1.77. The Balaban J connectivity index is 5.08. The molecule has 0 fully saturated rings. The molecule has 0 radical (unpaired) electrons. The van der Waals surface area contributed by atoms with Crippen LogP contribution in [0, 0.1) is 0 Å². The predicted octanol–water partition coefficient (Wildman–Crippen LogP) is 3.14. The Morgan fingerprint density at radius 3 is 1.47 bits per heavy atom. The number of rotatable bonds is 2. The molecule has 0 saturated heterocycles. The van der Waals surface area contributed by atoms with Gasteiger partial charge in [0.1, 0.15) is 0 Å². The highest BCUT2D eigenvalue weighted by molar-refractivity contribution is 7.89. The molecule has 0 N–H and O–H groups in total. The Bertz CT molecular complexity index is 318. The first kappa shape index (κ1) is 15.1. The van der Waals surface area contributed by atoms with E-state index >= 15 is 0 Å². The zero-order valence-electron chi connectivity index (χ0n) is 11.1. The zero-order chi connectivity index (χ0) is 12.7. The molecule has 0 aromatic heterocycles. The normalized spacial score (nSPS) is 15.5. The lowest BCUT2D eigenvalue weighted by atomic mass is 10.2. The molecule has 0 aromatic rings. The summed E-state index contributed by atoms with van der Waals surface area (Å²) < 4.78 is 28.5. The van der Waals surface area contributed by atoms with Gasteiger partial charge in [0.25, 0.3) is 10.1 Å². The van der Waals surface area contributed by atoms with E-state index in [4.69, 9.17) is 3.87 Å². The molecular weight excluding hydrogens is 228 g/mol. The van der Waals surface area contributed by atoms with Gasteiger partial charge in [0.15, 0.2) is 0 Å². The Morgan fingerprint density at radius 1 is 0.933 bits per heavy atom. The molecule has 0 amide bonds. The van der Waals surface area contributed by atoms with E-state index in [2.05, 4.69) is 0 Å². The lowest BCUT2D eigenvalue weighted by molar-refractivity contribution is 0.430. The topological polar surface area (TPSA) is 43.4 Å². The first-order valence-electron chi connectivity index (χ1n) is 5.16. The smallest absolute Gasteiger partial charge is 0.262 e. The minimum Gasteiger partial charge on any atom is -0.314 e. The van der Waals surface area contributed by atoms with Gasteiger partial charge in [-0.1, -0.05) is 20.8 Å². The van der Waals surface area contributed by atoms with E-state index in [-0.39, 0.29) is 5.04 Å². The minimum absolute atomic E-state index is 0.0919. The first-order chi connectivity index (χ1) is 6.21. The molecule has 0 aliphatic rings. The fourth-order valence-electron chi connectivity index (χ4n) is 0.524. The van der Waals surface area contributed by atoms with Crippen LogP contribution in [0.1, 0.15) is 41.5 Å². The summed E-state index contributed by atoms with van der Waals surface area (Å²) in [6.45, 7) is 14.9. The van der Waals surface area contributed by atoms with E-state index in [1.54, 1.807) is 20.8 Å². The monoisotopic (exact) mass is 252 g/mol. The fraction of sp³-hybridized carbons (Fsp3) is 1.00. The van der Waals surface area contributed by atoms with Crippen LogP contribution in [0.4, 0.5) is 0 Å². The second-order valence-corrected chi connectivity index (χ2v) is 13.7. The highest BCUT2D eigenvalue weighted by atomic mass is 32.2. The summed E-state index contributed by atoms with van der Waals surface area (Å²) in [6.07, 6.45) is 0. The van der Waals surface area contributed by atoms with Crippen LogP contribution < -0.4 is 0 Å². The van der Waals surface area contributed by atoms with Crippen LogP contribution in [-0.2, 0) is 14.0 Å². The quantitative estimate of drug-likeness (QED) is 0.709. The Labute approximate surface area is 95.5 Å². The maximum absolute atomic E-state index is 11.9. The van der Waals surface area contributed by atoms with Crippen LogP contribution >= 0.6 is 0 Å². The summed E-state index contributed by atoms with van der Waals surface area (Å²) in [5.41, 5.74) is 0. The third-order valence-electron chi connectivity index (χ3n) is 2.87. The van der Waals surface area contributed by atoms with Crippen molar-refractivity contribution < 1.29 is 12.3 Å². The van der Waals surface area contributed by atoms with Crippen LogP contribution in [0.15, 0.2) is 0 Å². The Kier molecular flexibility index (Phi) is 3.89. The number of hydrogen-bond donors (Lipinski definition) is 0. The van der Waals surface area contributed by atoms with E-state index in [0.717, 1.165) is 0 Å². The van der Waals surface area contributed by atoms with Gasteiger partial charge < -0.3 is 3.87 Å². The van der Waals surface area contributed by atoms with Crippen LogP contribution in [0.2, 0.25) is 18.1 Å². The van der Waals surface area contributed by atoms with E-state index in [1.165, 1.54) is 0 Å². The maximum Gasteiger partial charge on any atom is 0.262 e. The standard InChI is InChI=1S/C10H24O3SSi/c1-9(2,3)14(11,12)13-15(7,8)10(4,5)6/h1-8H3. The molecule has 0 heterocycles. The van der Waals surface area contributed by atoms with Gasteiger partial charge in [-0.2, -0.15) is 8.42 Å². The largest absolute Gasteiger partial charge is 0.314 e. The Hall–Kier alpha value is 0.127. The van der Waals surface area contributed by atoms with Crippen molar-refractivity contribution in [2.24, 2.45) is 0 Å². The second-order valence-electron chi connectivity index (χ2n) is 6.41. The van der Waals surface area contributed by atoms with Crippen molar-refractivity contribution in [3.63, 3.8) is 0 Å². The average molecular weight is 252 g/mol. The van der Waals surface area contributed by atoms with Gasteiger partial charge in [-0.3, -0.25) is 0 Å². The summed E-state index contributed by atoms with van der Waals surface area (Å²) in [7, 11) is -5.71. The molecule has 0 spiro atoms. The lowest BCUT2D eigenvalue weighted by Crippen LogP contribution is -2.46. The number of hydrogen-bond acceptors (Lipinski definition) is 3. The van der Waals surface area contributed by atoms with Crippen LogP contribution in [-0.4, -0.2) is 21.5 Å². The highest BCUT2D eigenvalue weighted by Crippen LogP contribution is 2.39. The van der Waals surface area contributed by atoms with Gasteiger partial charge in [-0.05, 0) is 38.9 Å². The van der Waals surface area contributed by atoms with Crippen molar-refractivity contribution in [2.45, 2.75) is 64.4 Å². The third-order valence-corrected chi connectivity index (χ3v) is 10.5. The molecule has 0 bridgehead atoms. The van der Waals surface area contributed by atoms with E-state index in [9.17, 15) is 8.42 Å². The fourth-order valence-corrected chi connectivity index (χ4v) is 4.72. The second kappa shape index (κ2) is 3.86. The molecule has 5 heteroatoms. The molecule has 3 nitrogen and oxygen atoms in total. The third kappa shape index (κ3) is 3.57. The maximum atomic E-state index is 11.9. The van der Waals surface area contributed by atoms with Crippen molar-refractivity contribution in [2.75, 3.05) is 0 Å². The summed E-state index contributed by atoms with van der Waals surface area (Å²) in [4.78, 5) is 0. The van der Waals surface area contributed by atoms with Crippen molar-refractivity contribution >= 4 is 18.4 Å². The van der Waals surface area contributed by atoms with Crippen molar-refractivity contribution in [3.8, 4) is 0 Å². The molecule has 0 aromatic carbocycles. The van der Waals surface area contributed by atoms with Gasteiger partial charge in [-0.15, -0.1) is 0 Å². The van der Waals surface area contributed by atoms with E-state index in [1.807, 2.05) is 33.9 Å². The SMILES string of the molecule is CC(C)(C)[Si](C)(C)OS(=O)(=O)C(C)(C)C. The van der Waals surface area contributed by atoms with Crippen LogP contribution in [0.25, 0.3) is 0 Å². The van der Waals surface area contributed by atoms with Gasteiger partial charge in [0, 0.05) is 0 Å². The molecule has 0 aliphatic heterocycles. The van der Waals surface area contributed by atoms with Gasteiger partial charge in [0.05, 0.1) is 4.75 Å². The summed E-state index contributed by atoms with van der Waals surface area (Å²) >= 11 is 0. The minimum atomic E-state index is -3.48. The molecule has 0 rings (SSSR count). The van der Waals surface area contributed by atoms with E-state index in [0.29, 0.717) is 0 Å². The van der Waals surface area contributed by atoms with Gasteiger partial charge in [0.2, 0.25) is 8.32 Å². The Morgan fingerprint density at radius 2 is 1.27 bits per heavy atom. The molecule has 92 valence electrons. The van der Waals surface area contributed by atoms with Gasteiger partial charge >= 0.3 is 0 Å². The van der Waals surface area contributed by atoms with Crippen molar-refractivity contribution in [1.29, 1.82) is 0 Å². The first-order valence-corrected chi connectivity index (χ1v) is 9.47. The van der Waals surface area contributed by atoms with Crippen molar-refractivity contribution in [3.05, 3.63) is 0 Å². The van der Waals surface area contributed by atoms with Crippen molar-refractivity contribution in [1.82, 2.24) is 0 Å². The summed E-state index contributed by atoms with van der Waals surface area (Å²) in [5, 5.41) is -0.0919. The molecule has 0 atom stereocenters. The predicted molar refractivity (Wildman–Crippen MR) is 67.0 cm³/mol. The molecule has 0 saturated carbocycles. The highest BCUT2D eigenvalue weighted by Gasteiger charge is 2.44. The van der Waals surface area contributed by atoms with E-state index < -0.39 is 23.2 Å². The summed E-state index contributed by atoms with van der Waals surface area (Å²) in [6, 6.07) is 0. The summed E-state index contributed by atoms with van der Waals surface area (Å²) in [5.74, 6) is 0. The molecule has 15 heavy (non-hydrogen) atoms. The van der Waals surface area contributed by atoms with Crippen LogP contribution in [0.3, 0.4) is 0 Å². The van der Waals surface area contributed by atoms with Gasteiger partial charge in [-0.25, -0.2) is 0 Å². The molecular formula is C10H24O3SSi. The zero-order valence-corrected chi connectivity index (χ0v) is 12.9. The molecule has 0 aliphatic carbocycles. The lowest BCUT2D eigenvalue weighted by Gasteiger charge is -2.37. The molecule has 0 unspecified atom stereocenters.